The van der Waals surface area contributed by atoms with E-state index < -0.39 is 11.9 Å². The summed E-state index contributed by atoms with van der Waals surface area (Å²) in [5.74, 6) is -0.336. The third kappa shape index (κ3) is 2.77. The Hall–Kier alpha value is -3.03. The first-order chi connectivity index (χ1) is 12.5. The number of carboxylic acids is 1. The van der Waals surface area contributed by atoms with Gasteiger partial charge in [0.1, 0.15) is 13.2 Å². The molecule has 0 unspecified atom stereocenters. The molecule has 2 atom stereocenters. The lowest BCUT2D eigenvalue weighted by atomic mass is 9.99. The molecule has 1 saturated heterocycles. The number of nitrogens with zero attached hydrogens (tertiary/aromatic N) is 2. The van der Waals surface area contributed by atoms with Crippen LogP contribution >= 0.6 is 0 Å². The first kappa shape index (κ1) is 16.4. The fourth-order valence-corrected chi connectivity index (χ4v) is 3.39. The number of likely N-dealkylation sites (tertiary alicyclic amines) is 1. The molecule has 3 heterocycles. The van der Waals surface area contributed by atoms with Crippen molar-refractivity contribution in [1.82, 2.24) is 9.88 Å². The summed E-state index contributed by atoms with van der Waals surface area (Å²) >= 11 is 0. The summed E-state index contributed by atoms with van der Waals surface area (Å²) in [6.45, 7) is 3.33. The Morgan fingerprint density at radius 2 is 1.96 bits per heavy atom. The first-order valence-corrected chi connectivity index (χ1v) is 8.40. The highest BCUT2D eigenvalue weighted by atomic mass is 16.6. The highest BCUT2D eigenvalue weighted by molar-refractivity contribution is 5.98. The van der Waals surface area contributed by atoms with Crippen LogP contribution in [0.2, 0.25) is 0 Å². The molecule has 0 spiro atoms. The Morgan fingerprint density at radius 3 is 2.69 bits per heavy atom. The summed E-state index contributed by atoms with van der Waals surface area (Å²) in [5.41, 5.74) is 0.817. The Bertz CT molecular complexity index is 861. The second-order valence-corrected chi connectivity index (χ2v) is 6.52. The van der Waals surface area contributed by atoms with E-state index in [1.807, 2.05) is 6.92 Å². The van der Waals surface area contributed by atoms with Crippen molar-refractivity contribution in [2.75, 3.05) is 26.3 Å². The summed E-state index contributed by atoms with van der Waals surface area (Å²) in [6.07, 6.45) is 1.22. The van der Waals surface area contributed by atoms with Gasteiger partial charge in [-0.3, -0.25) is 9.59 Å². The normalized spacial score (nSPS) is 21.7. The van der Waals surface area contributed by atoms with Crippen LogP contribution in [-0.4, -0.2) is 53.2 Å². The molecule has 2 aromatic rings. The predicted octanol–water partition coefficient (Wildman–Crippen LogP) is 1.91. The molecule has 0 saturated carbocycles. The van der Waals surface area contributed by atoms with Crippen LogP contribution in [0.25, 0.3) is 11.3 Å². The van der Waals surface area contributed by atoms with Crippen molar-refractivity contribution >= 4 is 11.9 Å². The first-order valence-electron chi connectivity index (χ1n) is 8.40. The minimum atomic E-state index is -0.889. The van der Waals surface area contributed by atoms with Crippen molar-refractivity contribution in [3.63, 3.8) is 0 Å². The van der Waals surface area contributed by atoms with Crippen molar-refractivity contribution in [1.29, 1.82) is 0 Å². The van der Waals surface area contributed by atoms with Gasteiger partial charge in [-0.2, -0.15) is 0 Å². The van der Waals surface area contributed by atoms with E-state index in [0.717, 1.165) is 0 Å². The number of aliphatic carboxylic acids is 1. The zero-order chi connectivity index (χ0) is 18.3. The van der Waals surface area contributed by atoms with E-state index in [0.29, 0.717) is 42.6 Å². The van der Waals surface area contributed by atoms with E-state index in [1.54, 1.807) is 18.2 Å². The van der Waals surface area contributed by atoms with Crippen molar-refractivity contribution in [3.05, 3.63) is 30.3 Å². The van der Waals surface area contributed by atoms with Crippen LogP contribution in [0.15, 0.2) is 29.0 Å². The van der Waals surface area contributed by atoms with E-state index in [1.165, 1.54) is 11.3 Å². The van der Waals surface area contributed by atoms with Crippen LogP contribution in [-0.2, 0) is 4.79 Å². The molecule has 4 rings (SSSR count). The Labute approximate surface area is 149 Å². The molecule has 1 aromatic heterocycles. The molecule has 2 aliphatic rings. The molecule has 136 valence electrons. The number of hydrogen-bond donors (Lipinski definition) is 1. The van der Waals surface area contributed by atoms with Crippen molar-refractivity contribution in [3.8, 4) is 22.8 Å². The quantitative estimate of drug-likeness (QED) is 0.894. The smallest absolute Gasteiger partial charge is 0.308 e. The van der Waals surface area contributed by atoms with E-state index in [2.05, 4.69) is 4.98 Å². The molecule has 1 N–H and O–H groups in total. The number of benzene rings is 1. The number of oxazole rings is 1. The molecule has 0 aliphatic carbocycles. The lowest BCUT2D eigenvalue weighted by Crippen LogP contribution is -2.30. The van der Waals surface area contributed by atoms with Gasteiger partial charge in [0.15, 0.2) is 29.3 Å². The van der Waals surface area contributed by atoms with Gasteiger partial charge in [-0.25, -0.2) is 4.98 Å². The number of carbonyl (C=O) groups is 2. The molecule has 2 aliphatic heterocycles. The third-order valence-electron chi connectivity index (χ3n) is 4.79. The van der Waals surface area contributed by atoms with Gasteiger partial charge in [0.05, 0.1) is 5.92 Å². The fourth-order valence-electron chi connectivity index (χ4n) is 3.39. The van der Waals surface area contributed by atoms with Crippen LogP contribution < -0.4 is 9.47 Å². The van der Waals surface area contributed by atoms with E-state index >= 15 is 0 Å². The Morgan fingerprint density at radius 1 is 1.19 bits per heavy atom. The number of hydrogen-bond acceptors (Lipinski definition) is 6. The van der Waals surface area contributed by atoms with E-state index in [4.69, 9.17) is 13.9 Å². The maximum atomic E-state index is 12.9. The maximum Gasteiger partial charge on any atom is 0.308 e. The molecule has 8 nitrogen and oxygen atoms in total. The summed E-state index contributed by atoms with van der Waals surface area (Å²) in [6, 6.07) is 5.29. The van der Waals surface area contributed by atoms with E-state index in [9.17, 15) is 14.7 Å². The lowest BCUT2D eigenvalue weighted by molar-refractivity contribution is -0.142. The number of aromatic nitrogens is 1. The number of rotatable bonds is 3. The predicted molar refractivity (Wildman–Crippen MR) is 89.1 cm³/mol. The van der Waals surface area contributed by atoms with E-state index in [-0.39, 0.29) is 24.1 Å². The van der Waals surface area contributed by atoms with Crippen LogP contribution in [0.1, 0.15) is 17.4 Å². The number of carbonyl (C=O) groups excluding carboxylic acids is 1. The average molecular weight is 358 g/mol. The summed E-state index contributed by atoms with van der Waals surface area (Å²) in [4.78, 5) is 29.7. The van der Waals surface area contributed by atoms with Gasteiger partial charge in [-0.15, -0.1) is 0 Å². The SMILES string of the molecule is C[C@@H]1CN(C(=O)c2ncoc2-c2ccc3c(c2)OCCO3)C[C@H]1C(=O)O. The number of amides is 1. The molecule has 0 radical (unpaired) electrons. The zero-order valence-electron chi connectivity index (χ0n) is 14.2. The van der Waals surface area contributed by atoms with Crippen molar-refractivity contribution < 1.29 is 28.6 Å². The highest BCUT2D eigenvalue weighted by Crippen LogP contribution is 2.36. The largest absolute Gasteiger partial charge is 0.486 e. The summed E-state index contributed by atoms with van der Waals surface area (Å²) in [5, 5.41) is 9.26. The minimum Gasteiger partial charge on any atom is -0.486 e. The summed E-state index contributed by atoms with van der Waals surface area (Å²) < 4.78 is 16.5. The summed E-state index contributed by atoms with van der Waals surface area (Å²) in [7, 11) is 0. The van der Waals surface area contributed by atoms with Crippen molar-refractivity contribution in [2.45, 2.75) is 6.92 Å². The minimum absolute atomic E-state index is 0.110. The van der Waals surface area contributed by atoms with Crippen LogP contribution in [0.4, 0.5) is 0 Å². The Balaban J connectivity index is 1.61. The third-order valence-corrected chi connectivity index (χ3v) is 4.79. The van der Waals surface area contributed by atoms with Crippen molar-refractivity contribution in [2.24, 2.45) is 11.8 Å². The molecule has 0 bridgehead atoms. The van der Waals surface area contributed by atoms with Crippen LogP contribution in [0, 0.1) is 11.8 Å². The standard InChI is InChI=1S/C18H18N2O6/c1-10-7-20(8-12(10)18(22)23)17(21)15-16(26-9-19-15)11-2-3-13-14(6-11)25-5-4-24-13/h2-3,6,9-10,12H,4-5,7-8H2,1H3,(H,22,23)/t10-,12-/m1/s1. The van der Waals surface area contributed by atoms with Gasteiger partial charge >= 0.3 is 5.97 Å². The molecular weight excluding hydrogens is 340 g/mol. The van der Waals surface area contributed by atoms with Crippen LogP contribution in [0.5, 0.6) is 11.5 Å². The molecule has 26 heavy (non-hydrogen) atoms. The number of fused-ring (bicyclic) bond motifs is 1. The fraction of sp³-hybridized carbons (Fsp3) is 0.389. The second kappa shape index (κ2) is 6.36. The Kier molecular flexibility index (Phi) is 4.02. The number of carboxylic acid groups (broad SMARTS) is 1. The molecule has 1 aromatic carbocycles. The van der Waals surface area contributed by atoms with Gasteiger partial charge in [0.2, 0.25) is 0 Å². The van der Waals surface area contributed by atoms with Gasteiger partial charge < -0.3 is 23.9 Å². The molecule has 1 fully saturated rings. The molecular formula is C18H18N2O6. The molecule has 8 heteroatoms. The monoisotopic (exact) mass is 358 g/mol. The van der Waals surface area contributed by atoms with Gasteiger partial charge in [0.25, 0.3) is 5.91 Å². The average Bonchev–Trinajstić information content (AvgIpc) is 3.27. The van der Waals surface area contributed by atoms with Gasteiger partial charge in [-0.1, -0.05) is 6.92 Å². The lowest BCUT2D eigenvalue weighted by Gasteiger charge is -2.19. The molecule has 1 amide bonds. The van der Waals surface area contributed by atoms with Gasteiger partial charge in [0, 0.05) is 18.7 Å². The number of ether oxygens (including phenoxy) is 2. The maximum absolute atomic E-state index is 12.9. The van der Waals surface area contributed by atoms with Crippen LogP contribution in [0.3, 0.4) is 0 Å². The highest BCUT2D eigenvalue weighted by Gasteiger charge is 2.38. The van der Waals surface area contributed by atoms with Gasteiger partial charge in [-0.05, 0) is 24.1 Å². The topological polar surface area (TPSA) is 102 Å². The second-order valence-electron chi connectivity index (χ2n) is 6.52. The zero-order valence-corrected chi connectivity index (χ0v) is 14.2.